The van der Waals surface area contributed by atoms with Gasteiger partial charge in [-0.1, -0.05) is 39.8 Å². The van der Waals surface area contributed by atoms with Gasteiger partial charge in [0.05, 0.1) is 0 Å². The van der Waals surface area contributed by atoms with Crippen molar-refractivity contribution in [2.75, 3.05) is 18.0 Å². The van der Waals surface area contributed by atoms with Gasteiger partial charge < -0.3 is 4.90 Å². The normalized spacial score (nSPS) is 19.7. The van der Waals surface area contributed by atoms with Crippen LogP contribution in [0.1, 0.15) is 52.0 Å². The number of anilines is 1. The Morgan fingerprint density at radius 3 is 2.65 bits per heavy atom. The van der Waals surface area contributed by atoms with Gasteiger partial charge in [0, 0.05) is 18.8 Å². The maximum Gasteiger partial charge on any atom is 0.0369 e. The first kappa shape index (κ1) is 12.5. The Hall–Kier alpha value is -0.980. The van der Waals surface area contributed by atoms with Crippen LogP contribution in [0.3, 0.4) is 0 Å². The van der Waals surface area contributed by atoms with E-state index in [-0.39, 0.29) is 0 Å². The predicted octanol–water partition coefficient (Wildman–Crippen LogP) is 4.44. The monoisotopic (exact) mass is 231 g/mol. The second-order valence-corrected chi connectivity index (χ2v) is 6.44. The number of hydrogen-bond donors (Lipinski definition) is 0. The molecule has 0 unspecified atom stereocenters. The Kier molecular flexibility index (Phi) is 3.46. The van der Waals surface area contributed by atoms with Crippen molar-refractivity contribution >= 4 is 5.69 Å². The van der Waals surface area contributed by atoms with E-state index in [4.69, 9.17) is 0 Å². The minimum Gasteiger partial charge on any atom is -0.371 e. The third-order valence-electron chi connectivity index (χ3n) is 3.80. The number of benzene rings is 1. The Balaban J connectivity index is 2.19. The summed E-state index contributed by atoms with van der Waals surface area (Å²) >= 11 is 0. The number of piperidine rings is 1. The zero-order valence-electron chi connectivity index (χ0n) is 11.7. The third-order valence-corrected chi connectivity index (χ3v) is 3.80. The summed E-state index contributed by atoms with van der Waals surface area (Å²) in [5.74, 6) is 0.618. The molecule has 0 aliphatic carbocycles. The molecule has 1 aliphatic heterocycles. The zero-order chi connectivity index (χ0) is 12.5. The molecule has 0 N–H and O–H groups in total. The van der Waals surface area contributed by atoms with E-state index in [1.807, 2.05) is 0 Å². The van der Waals surface area contributed by atoms with Gasteiger partial charge in [-0.15, -0.1) is 0 Å². The minimum absolute atomic E-state index is 0.464. The van der Waals surface area contributed by atoms with Crippen molar-refractivity contribution in [3.05, 3.63) is 29.8 Å². The fraction of sp³-hybridized carbons (Fsp3) is 0.625. The molecule has 1 nitrogen and oxygen atoms in total. The number of rotatable bonds is 2. The van der Waals surface area contributed by atoms with Crippen LogP contribution < -0.4 is 4.90 Å². The first-order chi connectivity index (χ1) is 7.98. The molecule has 0 spiro atoms. The van der Waals surface area contributed by atoms with Crippen LogP contribution in [0, 0.1) is 5.41 Å². The van der Waals surface area contributed by atoms with E-state index in [0.717, 1.165) is 0 Å². The van der Waals surface area contributed by atoms with Crippen molar-refractivity contribution in [3.8, 4) is 0 Å². The summed E-state index contributed by atoms with van der Waals surface area (Å²) in [6.07, 6.45) is 2.67. The van der Waals surface area contributed by atoms with E-state index in [1.54, 1.807) is 0 Å². The Morgan fingerprint density at radius 1 is 1.24 bits per heavy atom. The van der Waals surface area contributed by atoms with Gasteiger partial charge in [0.15, 0.2) is 0 Å². The largest absolute Gasteiger partial charge is 0.371 e. The molecule has 0 radical (unpaired) electrons. The molecule has 1 aromatic rings. The quantitative estimate of drug-likeness (QED) is 0.727. The van der Waals surface area contributed by atoms with Crippen LogP contribution in [0.2, 0.25) is 0 Å². The summed E-state index contributed by atoms with van der Waals surface area (Å²) in [4.78, 5) is 2.55. The van der Waals surface area contributed by atoms with Crippen LogP contribution in [0.25, 0.3) is 0 Å². The van der Waals surface area contributed by atoms with E-state index in [1.165, 1.54) is 37.2 Å². The third kappa shape index (κ3) is 3.02. The van der Waals surface area contributed by atoms with Crippen LogP contribution in [-0.2, 0) is 0 Å². The average Bonchev–Trinajstić information content (AvgIpc) is 2.28. The first-order valence-electron chi connectivity index (χ1n) is 6.83. The Labute approximate surface area is 106 Å². The van der Waals surface area contributed by atoms with E-state index in [9.17, 15) is 0 Å². The highest BCUT2D eigenvalue weighted by atomic mass is 15.1. The molecule has 1 aliphatic rings. The van der Waals surface area contributed by atoms with Crippen LogP contribution in [0.15, 0.2) is 24.3 Å². The molecule has 94 valence electrons. The van der Waals surface area contributed by atoms with Crippen molar-refractivity contribution in [1.82, 2.24) is 0 Å². The highest BCUT2D eigenvalue weighted by Gasteiger charge is 2.26. The van der Waals surface area contributed by atoms with E-state index < -0.39 is 0 Å². The average molecular weight is 231 g/mol. The lowest BCUT2D eigenvalue weighted by Crippen LogP contribution is -2.40. The van der Waals surface area contributed by atoms with Crippen LogP contribution in [0.5, 0.6) is 0 Å². The summed E-state index contributed by atoms with van der Waals surface area (Å²) in [6.45, 7) is 11.7. The molecule has 1 fully saturated rings. The van der Waals surface area contributed by atoms with Gasteiger partial charge in [0.2, 0.25) is 0 Å². The molecule has 2 rings (SSSR count). The van der Waals surface area contributed by atoms with E-state index >= 15 is 0 Å². The molecule has 1 aromatic carbocycles. The van der Waals surface area contributed by atoms with Crippen molar-refractivity contribution in [2.45, 2.75) is 46.5 Å². The summed E-state index contributed by atoms with van der Waals surface area (Å²) in [5.41, 5.74) is 3.32. The highest BCUT2D eigenvalue weighted by molar-refractivity contribution is 5.49. The van der Waals surface area contributed by atoms with Gasteiger partial charge >= 0.3 is 0 Å². The van der Waals surface area contributed by atoms with Crippen LogP contribution >= 0.6 is 0 Å². The second-order valence-electron chi connectivity index (χ2n) is 6.44. The molecule has 0 bridgehead atoms. The van der Waals surface area contributed by atoms with Gasteiger partial charge in [-0.25, -0.2) is 0 Å². The van der Waals surface area contributed by atoms with E-state index in [2.05, 4.69) is 56.9 Å². The molecule has 17 heavy (non-hydrogen) atoms. The Bertz CT molecular complexity index is 379. The fourth-order valence-electron chi connectivity index (χ4n) is 2.72. The Morgan fingerprint density at radius 2 is 2.00 bits per heavy atom. The van der Waals surface area contributed by atoms with Gasteiger partial charge in [-0.05, 0) is 41.9 Å². The summed E-state index contributed by atoms with van der Waals surface area (Å²) in [5, 5.41) is 0. The fourth-order valence-corrected chi connectivity index (χ4v) is 2.72. The zero-order valence-corrected chi connectivity index (χ0v) is 11.7. The standard InChI is InChI=1S/C16H25N/c1-13(2)14-7-5-8-15(11-14)17-10-6-9-16(3,4)12-17/h5,7-8,11,13H,6,9-10,12H2,1-4H3. The molecule has 1 saturated heterocycles. The minimum atomic E-state index is 0.464. The topological polar surface area (TPSA) is 3.24 Å². The van der Waals surface area contributed by atoms with Crippen molar-refractivity contribution in [3.63, 3.8) is 0 Å². The van der Waals surface area contributed by atoms with Gasteiger partial charge in [0.25, 0.3) is 0 Å². The summed E-state index contributed by atoms with van der Waals surface area (Å²) < 4.78 is 0. The number of nitrogens with zero attached hydrogens (tertiary/aromatic N) is 1. The first-order valence-corrected chi connectivity index (χ1v) is 6.83. The van der Waals surface area contributed by atoms with Gasteiger partial charge in [0.1, 0.15) is 0 Å². The number of hydrogen-bond acceptors (Lipinski definition) is 1. The smallest absolute Gasteiger partial charge is 0.0369 e. The second kappa shape index (κ2) is 4.72. The molecule has 1 heteroatoms. The SMILES string of the molecule is CC(C)c1cccc(N2CCCC(C)(C)C2)c1. The summed E-state index contributed by atoms with van der Waals surface area (Å²) in [6, 6.07) is 9.06. The molecular formula is C16H25N. The predicted molar refractivity (Wildman–Crippen MR) is 75.8 cm³/mol. The van der Waals surface area contributed by atoms with Gasteiger partial charge in [-0.2, -0.15) is 0 Å². The summed E-state index contributed by atoms with van der Waals surface area (Å²) in [7, 11) is 0. The molecular weight excluding hydrogens is 206 g/mol. The lowest BCUT2D eigenvalue weighted by Gasteiger charge is -2.39. The van der Waals surface area contributed by atoms with Crippen molar-refractivity contribution in [1.29, 1.82) is 0 Å². The molecule has 0 aromatic heterocycles. The molecule has 0 atom stereocenters. The van der Waals surface area contributed by atoms with Crippen LogP contribution in [-0.4, -0.2) is 13.1 Å². The van der Waals surface area contributed by atoms with Gasteiger partial charge in [-0.3, -0.25) is 0 Å². The molecule has 0 amide bonds. The lowest BCUT2D eigenvalue weighted by molar-refractivity contribution is 0.293. The highest BCUT2D eigenvalue weighted by Crippen LogP contribution is 2.32. The van der Waals surface area contributed by atoms with Crippen LogP contribution in [0.4, 0.5) is 5.69 Å². The maximum absolute atomic E-state index is 2.55. The molecule has 1 heterocycles. The van der Waals surface area contributed by atoms with Crippen molar-refractivity contribution < 1.29 is 0 Å². The lowest BCUT2D eigenvalue weighted by atomic mass is 9.84. The van der Waals surface area contributed by atoms with E-state index in [0.29, 0.717) is 11.3 Å². The maximum atomic E-state index is 2.55. The van der Waals surface area contributed by atoms with Crippen molar-refractivity contribution in [2.24, 2.45) is 5.41 Å². The molecule has 0 saturated carbocycles.